The van der Waals surface area contributed by atoms with Crippen LogP contribution in [0.15, 0.2) is 30.3 Å². The van der Waals surface area contributed by atoms with Gasteiger partial charge in [0.05, 0.1) is 0 Å². The summed E-state index contributed by atoms with van der Waals surface area (Å²) in [7, 11) is 2.17. The number of nitrogens with zero attached hydrogens (tertiary/aromatic N) is 1. The zero-order chi connectivity index (χ0) is 12.8. The Hall–Kier alpha value is -0.670. The maximum absolute atomic E-state index is 3.67. The van der Waals surface area contributed by atoms with Crippen molar-refractivity contribution in [1.29, 1.82) is 0 Å². The molecule has 1 fully saturated rings. The number of rotatable bonds is 6. The Kier molecular flexibility index (Phi) is 5.39. The van der Waals surface area contributed by atoms with Crippen molar-refractivity contribution in [2.24, 2.45) is 0 Å². The summed E-state index contributed by atoms with van der Waals surface area (Å²) in [6.45, 7) is 4.58. The summed E-state index contributed by atoms with van der Waals surface area (Å²) in [5.41, 5.74) is 1.31. The Morgan fingerprint density at radius 1 is 1.33 bits per heavy atom. The molecule has 2 rings (SSSR count). The maximum atomic E-state index is 3.67. The molecule has 0 bridgehead atoms. The molecule has 2 nitrogen and oxygen atoms in total. The highest BCUT2D eigenvalue weighted by atomic mass is 32.2. The second-order valence-corrected chi connectivity index (χ2v) is 6.61. The molecule has 0 aromatic heterocycles. The van der Waals surface area contributed by atoms with Gasteiger partial charge in [0.15, 0.2) is 0 Å². The van der Waals surface area contributed by atoms with Crippen LogP contribution in [-0.4, -0.2) is 37.2 Å². The highest BCUT2D eigenvalue weighted by Crippen LogP contribution is 2.25. The third-order valence-electron chi connectivity index (χ3n) is 3.50. The minimum Gasteiger partial charge on any atom is -0.375 e. The average Bonchev–Trinajstić information content (AvgIpc) is 2.81. The lowest BCUT2D eigenvalue weighted by Crippen LogP contribution is -2.32. The Labute approximate surface area is 115 Å². The van der Waals surface area contributed by atoms with Crippen LogP contribution >= 0.6 is 11.8 Å². The van der Waals surface area contributed by atoms with Gasteiger partial charge in [-0.2, -0.15) is 11.8 Å². The first kappa shape index (κ1) is 13.8. The highest BCUT2D eigenvalue weighted by molar-refractivity contribution is 8.00. The monoisotopic (exact) mass is 264 g/mol. The molecule has 2 atom stereocenters. The fourth-order valence-corrected chi connectivity index (χ4v) is 3.58. The van der Waals surface area contributed by atoms with Crippen molar-refractivity contribution in [3.8, 4) is 0 Å². The molecule has 0 radical (unpaired) electrons. The van der Waals surface area contributed by atoms with Gasteiger partial charge < -0.3 is 10.2 Å². The first-order chi connectivity index (χ1) is 8.75. The summed E-state index contributed by atoms with van der Waals surface area (Å²) < 4.78 is 0. The molecule has 1 aromatic carbocycles. The Balaban J connectivity index is 1.61. The first-order valence-electron chi connectivity index (χ1n) is 6.87. The fraction of sp³-hybridized carbons (Fsp3) is 0.600. The molecule has 3 heteroatoms. The zero-order valence-corrected chi connectivity index (χ0v) is 12.2. The largest absolute Gasteiger partial charge is 0.375 e. The number of hydrogen-bond acceptors (Lipinski definition) is 3. The molecule has 18 heavy (non-hydrogen) atoms. The fourth-order valence-electron chi connectivity index (χ4n) is 2.39. The Bertz CT molecular complexity index is 342. The van der Waals surface area contributed by atoms with Crippen LogP contribution in [0.5, 0.6) is 0 Å². The van der Waals surface area contributed by atoms with E-state index in [4.69, 9.17) is 0 Å². The molecule has 0 spiro atoms. The van der Waals surface area contributed by atoms with E-state index >= 15 is 0 Å². The molecular formula is C15H24N2S. The standard InChI is InChI=1S/C15H24N2S/c1-13-11-14(12-18-13)16-9-6-10-17(2)15-7-4-3-5-8-15/h3-5,7-8,13-14,16H,6,9-12H2,1-2H3. The topological polar surface area (TPSA) is 15.3 Å². The molecule has 1 aliphatic heterocycles. The van der Waals surface area contributed by atoms with Crippen LogP contribution in [0, 0.1) is 0 Å². The minimum atomic E-state index is 0.743. The molecule has 0 amide bonds. The van der Waals surface area contributed by atoms with Crippen molar-refractivity contribution < 1.29 is 0 Å². The summed E-state index contributed by atoms with van der Waals surface area (Å²) in [6, 6.07) is 11.3. The molecule has 0 saturated carbocycles. The van der Waals surface area contributed by atoms with E-state index in [-0.39, 0.29) is 0 Å². The van der Waals surface area contributed by atoms with E-state index in [2.05, 4.69) is 66.3 Å². The van der Waals surface area contributed by atoms with E-state index in [1.165, 1.54) is 24.3 Å². The number of para-hydroxylation sites is 1. The van der Waals surface area contributed by atoms with Gasteiger partial charge in [0.2, 0.25) is 0 Å². The lowest BCUT2D eigenvalue weighted by molar-refractivity contribution is 0.529. The smallest absolute Gasteiger partial charge is 0.0363 e. The van der Waals surface area contributed by atoms with E-state index in [9.17, 15) is 0 Å². The van der Waals surface area contributed by atoms with E-state index < -0.39 is 0 Å². The van der Waals surface area contributed by atoms with Gasteiger partial charge in [-0.1, -0.05) is 25.1 Å². The van der Waals surface area contributed by atoms with Gasteiger partial charge in [0, 0.05) is 36.3 Å². The third-order valence-corrected chi connectivity index (χ3v) is 4.85. The summed E-state index contributed by atoms with van der Waals surface area (Å²) >= 11 is 2.09. The molecule has 1 heterocycles. The molecule has 1 N–H and O–H groups in total. The van der Waals surface area contributed by atoms with E-state index in [0.29, 0.717) is 0 Å². The molecule has 100 valence electrons. The molecule has 2 unspecified atom stereocenters. The highest BCUT2D eigenvalue weighted by Gasteiger charge is 2.20. The lowest BCUT2D eigenvalue weighted by atomic mass is 10.2. The second-order valence-electron chi connectivity index (χ2n) is 5.14. The van der Waals surface area contributed by atoms with Crippen molar-refractivity contribution in [2.45, 2.75) is 31.1 Å². The average molecular weight is 264 g/mol. The summed E-state index contributed by atoms with van der Waals surface area (Å²) in [4.78, 5) is 2.33. The zero-order valence-electron chi connectivity index (χ0n) is 11.4. The van der Waals surface area contributed by atoms with Crippen molar-refractivity contribution in [2.75, 3.05) is 30.8 Å². The summed E-state index contributed by atoms with van der Waals surface area (Å²) in [5, 5.41) is 4.51. The summed E-state index contributed by atoms with van der Waals surface area (Å²) in [5.74, 6) is 1.29. The van der Waals surface area contributed by atoms with E-state index in [1.807, 2.05) is 0 Å². The predicted molar refractivity (Wildman–Crippen MR) is 82.7 cm³/mol. The normalized spacial score (nSPS) is 23.2. The quantitative estimate of drug-likeness (QED) is 0.795. The van der Waals surface area contributed by atoms with Crippen molar-refractivity contribution in [1.82, 2.24) is 5.32 Å². The maximum Gasteiger partial charge on any atom is 0.0363 e. The third kappa shape index (κ3) is 4.21. The molecule has 1 saturated heterocycles. The van der Waals surface area contributed by atoms with Crippen LogP contribution in [0.3, 0.4) is 0 Å². The van der Waals surface area contributed by atoms with Gasteiger partial charge in [-0.15, -0.1) is 0 Å². The van der Waals surface area contributed by atoms with Gasteiger partial charge in [-0.25, -0.2) is 0 Å². The molecule has 1 aliphatic rings. The molecular weight excluding hydrogens is 240 g/mol. The minimum absolute atomic E-state index is 0.743. The number of benzene rings is 1. The van der Waals surface area contributed by atoms with Crippen LogP contribution in [0.1, 0.15) is 19.8 Å². The predicted octanol–water partition coefficient (Wildman–Crippen LogP) is 3.00. The second kappa shape index (κ2) is 7.05. The van der Waals surface area contributed by atoms with Gasteiger partial charge >= 0.3 is 0 Å². The van der Waals surface area contributed by atoms with Crippen LogP contribution in [0.25, 0.3) is 0 Å². The van der Waals surface area contributed by atoms with Crippen molar-refractivity contribution >= 4 is 17.4 Å². The number of hydrogen-bond donors (Lipinski definition) is 1. The van der Waals surface area contributed by atoms with Crippen LogP contribution in [0.2, 0.25) is 0 Å². The number of anilines is 1. The van der Waals surface area contributed by atoms with Crippen LogP contribution in [0.4, 0.5) is 5.69 Å². The first-order valence-corrected chi connectivity index (χ1v) is 7.92. The SMILES string of the molecule is CC1CC(NCCCN(C)c2ccccc2)CS1. The van der Waals surface area contributed by atoms with Crippen LogP contribution in [-0.2, 0) is 0 Å². The van der Waals surface area contributed by atoms with Crippen molar-refractivity contribution in [3.05, 3.63) is 30.3 Å². The number of nitrogens with one attached hydrogen (secondary N) is 1. The Morgan fingerprint density at radius 3 is 2.78 bits per heavy atom. The summed E-state index contributed by atoms with van der Waals surface area (Å²) in [6.07, 6.45) is 2.54. The van der Waals surface area contributed by atoms with Crippen molar-refractivity contribution in [3.63, 3.8) is 0 Å². The van der Waals surface area contributed by atoms with Crippen LogP contribution < -0.4 is 10.2 Å². The van der Waals surface area contributed by atoms with Gasteiger partial charge in [-0.05, 0) is 31.5 Å². The van der Waals surface area contributed by atoms with Gasteiger partial charge in [0.25, 0.3) is 0 Å². The lowest BCUT2D eigenvalue weighted by Gasteiger charge is -2.20. The molecule has 0 aliphatic carbocycles. The van der Waals surface area contributed by atoms with Gasteiger partial charge in [0.1, 0.15) is 0 Å². The van der Waals surface area contributed by atoms with Gasteiger partial charge in [-0.3, -0.25) is 0 Å². The molecule has 1 aromatic rings. The number of thioether (sulfide) groups is 1. The van der Waals surface area contributed by atoms with E-state index in [0.717, 1.165) is 24.4 Å². The Morgan fingerprint density at radius 2 is 2.11 bits per heavy atom. The van der Waals surface area contributed by atoms with E-state index in [1.54, 1.807) is 0 Å².